The van der Waals surface area contributed by atoms with E-state index < -0.39 is 0 Å². The van der Waals surface area contributed by atoms with Crippen LogP contribution in [0.3, 0.4) is 0 Å². The van der Waals surface area contributed by atoms with E-state index in [0.29, 0.717) is 23.6 Å². The number of hydrogen-bond acceptors (Lipinski definition) is 3. The Balaban J connectivity index is 1.63. The summed E-state index contributed by atoms with van der Waals surface area (Å²) in [7, 11) is 0. The van der Waals surface area contributed by atoms with Gasteiger partial charge in [-0.05, 0) is 50.2 Å². The second kappa shape index (κ2) is 7.49. The van der Waals surface area contributed by atoms with Crippen molar-refractivity contribution in [2.24, 2.45) is 0 Å². The molecule has 6 heteroatoms. The maximum Gasteiger partial charge on any atom is 0.251 e. The maximum atomic E-state index is 12.2. The predicted molar refractivity (Wildman–Crippen MR) is 98.3 cm³/mol. The number of hydrogen-bond donors (Lipinski definition) is 1. The number of benzene rings is 1. The van der Waals surface area contributed by atoms with E-state index in [4.69, 9.17) is 11.6 Å². The predicted octanol–water partition coefficient (Wildman–Crippen LogP) is 3.51. The van der Waals surface area contributed by atoms with Crippen LogP contribution in [0.2, 0.25) is 5.02 Å². The zero-order valence-corrected chi connectivity index (χ0v) is 14.9. The first-order valence-electron chi connectivity index (χ1n) is 8.06. The second-order valence-electron chi connectivity index (χ2n) is 5.77. The summed E-state index contributed by atoms with van der Waals surface area (Å²) >= 11 is 6.19. The summed E-state index contributed by atoms with van der Waals surface area (Å²) in [6.07, 6.45) is 2.45. The Kier molecular flexibility index (Phi) is 5.14. The van der Waals surface area contributed by atoms with E-state index in [9.17, 15) is 4.79 Å². The van der Waals surface area contributed by atoms with Crippen LogP contribution in [0.4, 0.5) is 0 Å². The number of amides is 1. The molecule has 1 aromatic carbocycles. The number of rotatable bonds is 5. The van der Waals surface area contributed by atoms with Crippen LogP contribution >= 0.6 is 11.6 Å². The van der Waals surface area contributed by atoms with Crippen molar-refractivity contribution in [2.75, 3.05) is 6.54 Å². The van der Waals surface area contributed by atoms with Crippen LogP contribution in [-0.4, -0.2) is 27.2 Å². The molecule has 0 fully saturated rings. The molecule has 0 atom stereocenters. The Hall–Kier alpha value is -2.66. The summed E-state index contributed by atoms with van der Waals surface area (Å²) in [5.74, 6) is -0.103. The quantitative estimate of drug-likeness (QED) is 0.762. The number of pyridine rings is 1. The van der Waals surface area contributed by atoms with Gasteiger partial charge in [0.1, 0.15) is 0 Å². The van der Waals surface area contributed by atoms with Crippen LogP contribution in [0.25, 0.3) is 5.69 Å². The Morgan fingerprint density at radius 2 is 1.92 bits per heavy atom. The van der Waals surface area contributed by atoms with Gasteiger partial charge < -0.3 is 5.32 Å². The summed E-state index contributed by atoms with van der Waals surface area (Å²) in [5.41, 5.74) is 4.11. The summed E-state index contributed by atoms with van der Waals surface area (Å²) in [6, 6.07) is 13.1. The van der Waals surface area contributed by atoms with E-state index in [0.717, 1.165) is 22.8 Å². The van der Waals surface area contributed by atoms with Crippen molar-refractivity contribution in [1.82, 2.24) is 20.1 Å². The number of aromatic nitrogens is 3. The normalized spacial score (nSPS) is 10.7. The third-order valence-electron chi connectivity index (χ3n) is 3.97. The van der Waals surface area contributed by atoms with Crippen molar-refractivity contribution >= 4 is 17.5 Å². The minimum atomic E-state index is -0.103. The third-order valence-corrected chi connectivity index (χ3v) is 4.52. The average molecular weight is 355 g/mol. The molecule has 0 bridgehead atoms. The molecule has 0 spiro atoms. The van der Waals surface area contributed by atoms with Gasteiger partial charge in [0.15, 0.2) is 0 Å². The van der Waals surface area contributed by atoms with E-state index in [1.807, 2.05) is 44.2 Å². The molecule has 0 saturated carbocycles. The molecule has 1 N–H and O–H groups in total. The molecule has 5 nitrogen and oxygen atoms in total. The lowest BCUT2D eigenvalue weighted by Crippen LogP contribution is -2.25. The first kappa shape index (κ1) is 17.2. The molecule has 2 aromatic heterocycles. The fourth-order valence-electron chi connectivity index (χ4n) is 2.58. The minimum Gasteiger partial charge on any atom is -0.352 e. The molecule has 0 aliphatic rings. The minimum absolute atomic E-state index is 0.103. The fraction of sp³-hybridized carbons (Fsp3) is 0.211. The molecule has 128 valence electrons. The van der Waals surface area contributed by atoms with Crippen molar-refractivity contribution in [2.45, 2.75) is 20.3 Å². The Labute approximate surface area is 151 Å². The molecule has 1 amide bonds. The molecule has 0 unspecified atom stereocenters. The summed E-state index contributed by atoms with van der Waals surface area (Å²) in [4.78, 5) is 16.5. The second-order valence-corrected chi connectivity index (χ2v) is 6.15. The molecule has 3 aromatic rings. The summed E-state index contributed by atoms with van der Waals surface area (Å²) in [6.45, 7) is 4.33. The maximum absolute atomic E-state index is 12.2. The van der Waals surface area contributed by atoms with E-state index >= 15 is 0 Å². The van der Waals surface area contributed by atoms with Gasteiger partial charge in [0.05, 0.1) is 22.1 Å². The zero-order chi connectivity index (χ0) is 17.8. The van der Waals surface area contributed by atoms with Crippen LogP contribution < -0.4 is 5.32 Å². The van der Waals surface area contributed by atoms with E-state index in [2.05, 4.69) is 15.4 Å². The lowest BCUT2D eigenvalue weighted by atomic mass is 10.2. The van der Waals surface area contributed by atoms with Crippen molar-refractivity contribution in [3.05, 3.63) is 76.3 Å². The van der Waals surface area contributed by atoms with Crippen LogP contribution in [0.5, 0.6) is 0 Å². The van der Waals surface area contributed by atoms with Gasteiger partial charge in [-0.15, -0.1) is 0 Å². The van der Waals surface area contributed by atoms with Crippen LogP contribution in [-0.2, 0) is 6.42 Å². The highest BCUT2D eigenvalue weighted by Gasteiger charge is 2.11. The van der Waals surface area contributed by atoms with Gasteiger partial charge in [-0.2, -0.15) is 5.10 Å². The van der Waals surface area contributed by atoms with Gasteiger partial charge in [-0.25, -0.2) is 4.68 Å². The summed E-state index contributed by atoms with van der Waals surface area (Å²) in [5, 5.41) is 7.99. The standard InChI is InChI=1S/C19H19ClN4O/c1-13-18(20)14(2)24(23-13)17-8-6-15(7-9-17)19(25)22-12-10-16-5-3-4-11-21-16/h3-9,11H,10,12H2,1-2H3,(H,22,25). The highest BCUT2D eigenvalue weighted by molar-refractivity contribution is 6.31. The molecule has 0 radical (unpaired) electrons. The molecule has 0 aliphatic carbocycles. The third kappa shape index (κ3) is 3.88. The van der Waals surface area contributed by atoms with Crippen LogP contribution in [0.1, 0.15) is 27.4 Å². The van der Waals surface area contributed by atoms with E-state index in [-0.39, 0.29) is 5.91 Å². The number of carbonyl (C=O) groups is 1. The number of halogens is 1. The Bertz CT molecular complexity index is 872. The largest absolute Gasteiger partial charge is 0.352 e. The molecule has 0 saturated heterocycles. The highest BCUT2D eigenvalue weighted by atomic mass is 35.5. The summed E-state index contributed by atoms with van der Waals surface area (Å²) < 4.78 is 1.78. The fourth-order valence-corrected chi connectivity index (χ4v) is 2.70. The monoisotopic (exact) mass is 354 g/mol. The molecular formula is C19H19ClN4O. The van der Waals surface area contributed by atoms with Crippen molar-refractivity contribution < 1.29 is 4.79 Å². The Morgan fingerprint density at radius 3 is 2.52 bits per heavy atom. The van der Waals surface area contributed by atoms with Crippen molar-refractivity contribution in [3.8, 4) is 5.69 Å². The van der Waals surface area contributed by atoms with Crippen molar-refractivity contribution in [3.63, 3.8) is 0 Å². The average Bonchev–Trinajstić information content (AvgIpc) is 2.90. The van der Waals surface area contributed by atoms with Gasteiger partial charge in [-0.3, -0.25) is 9.78 Å². The number of nitrogens with zero attached hydrogens (tertiary/aromatic N) is 3. The Morgan fingerprint density at radius 1 is 1.16 bits per heavy atom. The first-order chi connectivity index (χ1) is 12.1. The van der Waals surface area contributed by atoms with Gasteiger partial charge >= 0.3 is 0 Å². The SMILES string of the molecule is Cc1nn(-c2ccc(C(=O)NCCc3ccccn3)cc2)c(C)c1Cl. The van der Waals surface area contributed by atoms with Crippen LogP contribution in [0.15, 0.2) is 48.7 Å². The lowest BCUT2D eigenvalue weighted by molar-refractivity contribution is 0.0954. The molecule has 2 heterocycles. The highest BCUT2D eigenvalue weighted by Crippen LogP contribution is 2.22. The molecule has 25 heavy (non-hydrogen) atoms. The topological polar surface area (TPSA) is 59.8 Å². The number of aryl methyl sites for hydroxylation is 1. The smallest absolute Gasteiger partial charge is 0.251 e. The number of nitrogens with one attached hydrogen (secondary N) is 1. The van der Waals surface area contributed by atoms with Gasteiger partial charge in [0.2, 0.25) is 0 Å². The molecule has 3 rings (SSSR count). The van der Waals surface area contributed by atoms with Gasteiger partial charge in [0, 0.05) is 30.4 Å². The molecular weight excluding hydrogens is 336 g/mol. The van der Waals surface area contributed by atoms with E-state index in [1.54, 1.807) is 23.0 Å². The van der Waals surface area contributed by atoms with E-state index in [1.165, 1.54) is 0 Å². The zero-order valence-electron chi connectivity index (χ0n) is 14.2. The first-order valence-corrected chi connectivity index (χ1v) is 8.44. The lowest BCUT2D eigenvalue weighted by Gasteiger charge is -2.07. The number of carbonyl (C=O) groups excluding carboxylic acids is 1. The van der Waals surface area contributed by atoms with Crippen molar-refractivity contribution in [1.29, 1.82) is 0 Å². The van der Waals surface area contributed by atoms with Gasteiger partial charge in [0.25, 0.3) is 5.91 Å². The van der Waals surface area contributed by atoms with Crippen LogP contribution in [0, 0.1) is 13.8 Å². The van der Waals surface area contributed by atoms with Gasteiger partial charge in [-0.1, -0.05) is 17.7 Å². The molecule has 0 aliphatic heterocycles.